The van der Waals surface area contributed by atoms with Crippen molar-refractivity contribution in [3.63, 3.8) is 0 Å². The van der Waals surface area contributed by atoms with Crippen LogP contribution in [-0.4, -0.2) is 74.9 Å². The van der Waals surface area contributed by atoms with Crippen molar-refractivity contribution in [1.29, 1.82) is 5.26 Å². The molecule has 0 fully saturated rings. The van der Waals surface area contributed by atoms with Gasteiger partial charge in [0.25, 0.3) is 0 Å². The van der Waals surface area contributed by atoms with Gasteiger partial charge in [-0.05, 0) is 6.07 Å². The number of urea groups is 1. The van der Waals surface area contributed by atoms with Crippen LogP contribution in [0, 0.1) is 17.2 Å². The molecule has 2 amide bonds. The molecule has 2 aromatic heterocycles. The zero-order valence-electron chi connectivity index (χ0n) is 17.3. The maximum Gasteiger partial charge on any atom is 0.490 e. The van der Waals surface area contributed by atoms with Gasteiger partial charge in [-0.25, -0.2) is 19.6 Å². The van der Waals surface area contributed by atoms with Gasteiger partial charge in [-0.2, -0.15) is 18.4 Å². The third-order valence-corrected chi connectivity index (χ3v) is 4.31. The molecule has 0 saturated heterocycles. The normalized spacial score (nSPS) is 15.4. The molecule has 1 N–H and O–H groups in total. The van der Waals surface area contributed by atoms with E-state index in [9.17, 15) is 18.0 Å². The predicted octanol–water partition coefficient (Wildman–Crippen LogP) is 1.98. The number of carboxylic acids is 1. The number of fused-ring (bicyclic) bond motifs is 1. The van der Waals surface area contributed by atoms with Crippen LogP contribution in [-0.2, 0) is 17.9 Å². The van der Waals surface area contributed by atoms with Crippen molar-refractivity contribution < 1.29 is 32.6 Å². The Morgan fingerprint density at radius 2 is 2.00 bits per heavy atom. The molecule has 3 rings (SSSR count). The Labute approximate surface area is 181 Å². The van der Waals surface area contributed by atoms with Crippen LogP contribution in [0.4, 0.5) is 18.0 Å². The molecule has 1 aliphatic rings. The van der Waals surface area contributed by atoms with Crippen LogP contribution in [0.5, 0.6) is 5.88 Å². The number of carboxylic acid groups (broad SMARTS) is 1. The Hall–Kier alpha value is -3.82. The molecule has 0 radical (unpaired) electrons. The van der Waals surface area contributed by atoms with E-state index in [-0.39, 0.29) is 11.9 Å². The Kier molecular flexibility index (Phi) is 8.00. The number of amides is 2. The average molecular weight is 454 g/mol. The summed E-state index contributed by atoms with van der Waals surface area (Å²) in [5.41, 5.74) is 1.50. The molecule has 13 heteroatoms. The van der Waals surface area contributed by atoms with Crippen molar-refractivity contribution in [3.05, 3.63) is 42.1 Å². The highest BCUT2D eigenvalue weighted by Gasteiger charge is 2.38. The van der Waals surface area contributed by atoms with Gasteiger partial charge in [0.1, 0.15) is 6.07 Å². The number of aliphatic carboxylic acids is 1. The van der Waals surface area contributed by atoms with E-state index in [1.165, 1.54) is 6.20 Å². The first-order chi connectivity index (χ1) is 15.0. The van der Waals surface area contributed by atoms with Gasteiger partial charge in [0.05, 0.1) is 30.7 Å². The summed E-state index contributed by atoms with van der Waals surface area (Å²) in [6, 6.07) is 5.35. The molecule has 2 aromatic rings. The van der Waals surface area contributed by atoms with Crippen LogP contribution in [0.3, 0.4) is 0 Å². The van der Waals surface area contributed by atoms with Gasteiger partial charge >= 0.3 is 18.2 Å². The molecule has 1 atom stereocenters. The molecule has 0 aliphatic carbocycles. The van der Waals surface area contributed by atoms with E-state index in [0.29, 0.717) is 31.1 Å². The van der Waals surface area contributed by atoms with Crippen molar-refractivity contribution in [2.45, 2.75) is 19.3 Å². The summed E-state index contributed by atoms with van der Waals surface area (Å²) in [6.07, 6.45) is -0.0223. The lowest BCUT2D eigenvalue weighted by Crippen LogP contribution is -2.41. The second kappa shape index (κ2) is 10.5. The number of hydrogen-bond donors (Lipinski definition) is 1. The maximum absolute atomic E-state index is 12.4. The van der Waals surface area contributed by atoms with Crippen LogP contribution < -0.4 is 4.74 Å². The van der Waals surface area contributed by atoms with E-state index in [1.54, 1.807) is 48.6 Å². The molecule has 3 heterocycles. The number of rotatable bonds is 3. The van der Waals surface area contributed by atoms with Crippen LogP contribution in [0.2, 0.25) is 0 Å². The lowest BCUT2D eigenvalue weighted by molar-refractivity contribution is -0.192. The number of carbonyl (C=O) groups is 2. The second-order valence-corrected chi connectivity index (χ2v) is 7.07. The van der Waals surface area contributed by atoms with Crippen LogP contribution >= 0.6 is 0 Å². The molecule has 1 unspecified atom stereocenters. The van der Waals surface area contributed by atoms with Crippen molar-refractivity contribution >= 4 is 12.0 Å². The van der Waals surface area contributed by atoms with Gasteiger partial charge < -0.3 is 24.2 Å². The maximum atomic E-state index is 12.4. The van der Waals surface area contributed by atoms with Crippen molar-refractivity contribution in [1.82, 2.24) is 24.3 Å². The van der Waals surface area contributed by atoms with E-state index in [0.717, 1.165) is 12.2 Å². The summed E-state index contributed by atoms with van der Waals surface area (Å²) < 4.78 is 39.6. The quantitative estimate of drug-likeness (QED) is 0.752. The number of carbonyl (C=O) groups excluding carboxylic acids is 1. The number of alkyl halides is 3. The summed E-state index contributed by atoms with van der Waals surface area (Å²) in [5, 5.41) is 15.9. The number of aromatic nitrogens is 3. The molecule has 172 valence electrons. The van der Waals surface area contributed by atoms with Crippen molar-refractivity contribution in [2.75, 3.05) is 27.2 Å². The molecular formula is C19H21F3N6O4. The Bertz CT molecular complexity index is 969. The number of ether oxygens (including phenoxy) is 1. The SMILES string of the molecule is CN(C)C(=O)N1Cc2cncn2CC(COc2ccc(C#N)cn2)C1.O=C(O)C(F)(F)F. The summed E-state index contributed by atoms with van der Waals surface area (Å²) in [4.78, 5) is 33.0. The summed E-state index contributed by atoms with van der Waals surface area (Å²) in [6.45, 7) is 2.27. The van der Waals surface area contributed by atoms with E-state index < -0.39 is 12.1 Å². The van der Waals surface area contributed by atoms with E-state index in [1.807, 2.05) is 6.07 Å². The zero-order chi connectivity index (χ0) is 23.9. The molecule has 0 bridgehead atoms. The van der Waals surface area contributed by atoms with Gasteiger partial charge in [-0.15, -0.1) is 0 Å². The van der Waals surface area contributed by atoms with Gasteiger partial charge in [0.15, 0.2) is 0 Å². The van der Waals surface area contributed by atoms with E-state index in [2.05, 4.69) is 14.5 Å². The average Bonchev–Trinajstić information content (AvgIpc) is 3.09. The molecular weight excluding hydrogens is 433 g/mol. The third kappa shape index (κ3) is 6.86. The summed E-state index contributed by atoms with van der Waals surface area (Å²) in [7, 11) is 3.49. The fourth-order valence-corrected chi connectivity index (χ4v) is 2.82. The standard InChI is InChI=1S/C17H20N6O2.C2HF3O2/c1-21(2)17(24)22-8-14(9-23-12-19-7-15(23)10-22)11-25-16-4-3-13(5-18)6-20-16;3-2(4,5)1(6)7/h3-4,6-7,12,14H,8-11H2,1-2H3;(H,6,7). The lowest BCUT2D eigenvalue weighted by atomic mass is 10.1. The minimum Gasteiger partial charge on any atom is -0.477 e. The summed E-state index contributed by atoms with van der Waals surface area (Å²) >= 11 is 0. The van der Waals surface area contributed by atoms with Gasteiger partial charge in [0.2, 0.25) is 5.88 Å². The fraction of sp³-hybridized carbons (Fsp3) is 0.421. The molecule has 10 nitrogen and oxygen atoms in total. The Morgan fingerprint density at radius 1 is 1.31 bits per heavy atom. The number of hydrogen-bond acceptors (Lipinski definition) is 6. The molecule has 32 heavy (non-hydrogen) atoms. The molecule has 0 saturated carbocycles. The highest BCUT2D eigenvalue weighted by Crippen LogP contribution is 2.18. The Balaban J connectivity index is 0.000000451. The minimum absolute atomic E-state index is 0.0313. The zero-order valence-corrected chi connectivity index (χ0v) is 17.3. The number of nitriles is 1. The third-order valence-electron chi connectivity index (χ3n) is 4.31. The first-order valence-electron chi connectivity index (χ1n) is 9.25. The highest BCUT2D eigenvalue weighted by atomic mass is 19.4. The van der Waals surface area contributed by atoms with E-state index in [4.69, 9.17) is 19.9 Å². The second-order valence-electron chi connectivity index (χ2n) is 7.07. The Morgan fingerprint density at radius 3 is 2.53 bits per heavy atom. The van der Waals surface area contributed by atoms with Crippen molar-refractivity contribution in [3.8, 4) is 11.9 Å². The highest BCUT2D eigenvalue weighted by molar-refractivity contribution is 5.74. The lowest BCUT2D eigenvalue weighted by Gasteiger charge is -2.27. The first-order valence-corrected chi connectivity index (χ1v) is 9.25. The largest absolute Gasteiger partial charge is 0.490 e. The number of imidazole rings is 1. The predicted molar refractivity (Wildman–Crippen MR) is 103 cm³/mol. The molecule has 1 aliphatic heterocycles. The van der Waals surface area contributed by atoms with Crippen LogP contribution in [0.15, 0.2) is 30.9 Å². The summed E-state index contributed by atoms with van der Waals surface area (Å²) in [5.74, 6) is -2.18. The first kappa shape index (κ1) is 24.4. The van der Waals surface area contributed by atoms with Crippen LogP contribution in [0.1, 0.15) is 11.3 Å². The number of pyridine rings is 1. The number of nitrogens with zero attached hydrogens (tertiary/aromatic N) is 6. The number of halogens is 3. The van der Waals surface area contributed by atoms with E-state index >= 15 is 0 Å². The smallest absolute Gasteiger partial charge is 0.477 e. The van der Waals surface area contributed by atoms with Gasteiger partial charge in [-0.3, -0.25) is 0 Å². The molecule has 0 aromatic carbocycles. The monoisotopic (exact) mass is 454 g/mol. The fourth-order valence-electron chi connectivity index (χ4n) is 2.82. The molecule has 0 spiro atoms. The topological polar surface area (TPSA) is 125 Å². The van der Waals surface area contributed by atoms with Gasteiger partial charge in [-0.1, -0.05) is 0 Å². The minimum atomic E-state index is -5.08. The van der Waals surface area contributed by atoms with Crippen molar-refractivity contribution in [2.24, 2.45) is 5.92 Å². The van der Waals surface area contributed by atoms with Gasteiger partial charge in [0, 0.05) is 51.6 Å². The van der Waals surface area contributed by atoms with Crippen LogP contribution in [0.25, 0.3) is 0 Å².